The number of likely N-dealkylation sites (N-methyl/N-ethyl adjacent to an activating group) is 1. The molecular weight excluding hydrogens is 237 g/mol. The van der Waals surface area contributed by atoms with Gasteiger partial charge in [0.1, 0.15) is 6.04 Å². The van der Waals surface area contributed by atoms with E-state index in [0.717, 1.165) is 0 Å². The molecule has 0 saturated heterocycles. The van der Waals surface area contributed by atoms with Gasteiger partial charge in [0, 0.05) is 0 Å². The second kappa shape index (κ2) is 6.35. The van der Waals surface area contributed by atoms with E-state index in [9.17, 15) is 9.18 Å². The van der Waals surface area contributed by atoms with Gasteiger partial charge in [0.25, 0.3) is 0 Å². The molecule has 0 aliphatic rings. The molecule has 0 aliphatic carbocycles. The Morgan fingerprint density at radius 2 is 2.11 bits per heavy atom. The molecule has 18 heavy (non-hydrogen) atoms. The summed E-state index contributed by atoms with van der Waals surface area (Å²) in [5, 5.41) is 0. The van der Waals surface area contributed by atoms with Crippen LogP contribution < -0.4 is 4.74 Å². The fourth-order valence-corrected chi connectivity index (χ4v) is 1.72. The Kier molecular flexibility index (Phi) is 5.09. The smallest absolute Gasteiger partial charge is 0.327 e. The number of rotatable bonds is 5. The second-order valence-corrected chi connectivity index (χ2v) is 4.01. The molecule has 0 heterocycles. The molecule has 100 valence electrons. The fourth-order valence-electron chi connectivity index (χ4n) is 1.72. The van der Waals surface area contributed by atoms with Crippen molar-refractivity contribution >= 4 is 5.97 Å². The summed E-state index contributed by atoms with van der Waals surface area (Å²) in [6.07, 6.45) is 0. The van der Waals surface area contributed by atoms with Crippen LogP contribution >= 0.6 is 0 Å². The molecule has 1 unspecified atom stereocenters. The molecule has 1 atom stereocenters. The SMILES string of the molecule is CCOC(=O)C(c1ccc(OC)c(F)c1)N(C)C. The van der Waals surface area contributed by atoms with Crippen LogP contribution in [0.5, 0.6) is 5.75 Å². The van der Waals surface area contributed by atoms with Gasteiger partial charge in [-0.2, -0.15) is 0 Å². The fraction of sp³-hybridized carbons (Fsp3) is 0.462. The summed E-state index contributed by atoms with van der Waals surface area (Å²) in [5.41, 5.74) is 0.539. The van der Waals surface area contributed by atoms with Crippen LogP contribution in [0.25, 0.3) is 0 Å². The van der Waals surface area contributed by atoms with Crippen molar-refractivity contribution in [3.05, 3.63) is 29.6 Å². The van der Waals surface area contributed by atoms with E-state index in [-0.39, 0.29) is 5.75 Å². The number of hydrogen-bond acceptors (Lipinski definition) is 4. The normalized spacial score (nSPS) is 12.3. The monoisotopic (exact) mass is 255 g/mol. The summed E-state index contributed by atoms with van der Waals surface area (Å²) in [6.45, 7) is 2.03. The van der Waals surface area contributed by atoms with Crippen molar-refractivity contribution in [1.29, 1.82) is 0 Å². The Morgan fingerprint density at radius 3 is 2.56 bits per heavy atom. The van der Waals surface area contributed by atoms with Crippen molar-refractivity contribution in [2.45, 2.75) is 13.0 Å². The van der Waals surface area contributed by atoms with Crippen molar-refractivity contribution in [1.82, 2.24) is 4.90 Å². The molecular formula is C13H18FNO3. The van der Waals surface area contributed by atoms with E-state index in [0.29, 0.717) is 12.2 Å². The van der Waals surface area contributed by atoms with Crippen LogP contribution in [0.4, 0.5) is 4.39 Å². The van der Waals surface area contributed by atoms with E-state index in [1.165, 1.54) is 19.2 Å². The summed E-state index contributed by atoms with van der Waals surface area (Å²) in [5.74, 6) is -0.738. The number of esters is 1. The van der Waals surface area contributed by atoms with Crippen LogP contribution in [-0.2, 0) is 9.53 Å². The zero-order valence-corrected chi connectivity index (χ0v) is 11.1. The van der Waals surface area contributed by atoms with Gasteiger partial charge in [0.2, 0.25) is 0 Å². The average Bonchev–Trinajstić information content (AvgIpc) is 2.29. The van der Waals surface area contributed by atoms with Crippen LogP contribution in [0.3, 0.4) is 0 Å². The molecule has 0 saturated carbocycles. The summed E-state index contributed by atoms with van der Waals surface area (Å²) in [4.78, 5) is 13.5. The van der Waals surface area contributed by atoms with Gasteiger partial charge < -0.3 is 9.47 Å². The standard InChI is InChI=1S/C13H18FNO3/c1-5-18-13(16)12(15(2)3)9-6-7-11(17-4)10(14)8-9/h6-8,12H,5H2,1-4H3. The molecule has 1 rings (SSSR count). The number of carbonyl (C=O) groups excluding carboxylic acids is 1. The Labute approximate surface area is 106 Å². The van der Waals surface area contributed by atoms with Crippen LogP contribution in [0.2, 0.25) is 0 Å². The molecule has 0 fully saturated rings. The molecule has 0 aromatic heterocycles. The number of ether oxygens (including phenoxy) is 2. The number of nitrogens with zero attached hydrogens (tertiary/aromatic N) is 1. The Balaban J connectivity index is 3.06. The minimum atomic E-state index is -0.620. The van der Waals surface area contributed by atoms with E-state index in [4.69, 9.17) is 9.47 Å². The lowest BCUT2D eigenvalue weighted by molar-refractivity contribution is -0.148. The van der Waals surface area contributed by atoms with Crippen molar-refractivity contribution in [3.63, 3.8) is 0 Å². The number of halogens is 1. The molecule has 0 spiro atoms. The third kappa shape index (κ3) is 3.20. The van der Waals surface area contributed by atoms with Gasteiger partial charge >= 0.3 is 5.97 Å². The van der Waals surface area contributed by atoms with Crippen molar-refractivity contribution < 1.29 is 18.7 Å². The predicted molar refractivity (Wildman–Crippen MR) is 66.0 cm³/mol. The van der Waals surface area contributed by atoms with E-state index >= 15 is 0 Å². The lowest BCUT2D eigenvalue weighted by atomic mass is 10.1. The topological polar surface area (TPSA) is 38.8 Å². The summed E-state index contributed by atoms with van der Waals surface area (Å²) in [7, 11) is 4.88. The highest BCUT2D eigenvalue weighted by atomic mass is 19.1. The maximum Gasteiger partial charge on any atom is 0.327 e. The van der Waals surface area contributed by atoms with Gasteiger partial charge in [0.05, 0.1) is 13.7 Å². The van der Waals surface area contributed by atoms with Gasteiger partial charge in [-0.1, -0.05) is 6.07 Å². The maximum absolute atomic E-state index is 13.6. The molecule has 0 amide bonds. The molecule has 0 bridgehead atoms. The molecule has 0 N–H and O–H groups in total. The predicted octanol–water partition coefficient (Wildman–Crippen LogP) is 2.00. The maximum atomic E-state index is 13.6. The molecule has 0 aliphatic heterocycles. The zero-order chi connectivity index (χ0) is 13.7. The second-order valence-electron chi connectivity index (χ2n) is 4.01. The van der Waals surface area contributed by atoms with E-state index < -0.39 is 17.8 Å². The molecule has 1 aromatic carbocycles. The van der Waals surface area contributed by atoms with Crippen LogP contribution in [0, 0.1) is 5.82 Å². The first-order valence-electron chi connectivity index (χ1n) is 5.67. The lowest BCUT2D eigenvalue weighted by Gasteiger charge is -2.23. The van der Waals surface area contributed by atoms with Gasteiger partial charge in [-0.25, -0.2) is 9.18 Å². The number of hydrogen-bond donors (Lipinski definition) is 0. The average molecular weight is 255 g/mol. The third-order valence-corrected chi connectivity index (χ3v) is 2.52. The van der Waals surface area contributed by atoms with Gasteiger partial charge in [-0.15, -0.1) is 0 Å². The van der Waals surface area contributed by atoms with Crippen LogP contribution in [-0.4, -0.2) is 38.7 Å². The Hall–Kier alpha value is -1.62. The van der Waals surface area contributed by atoms with Crippen molar-refractivity contribution in [2.24, 2.45) is 0 Å². The minimum absolute atomic E-state index is 0.153. The van der Waals surface area contributed by atoms with Crippen LogP contribution in [0.15, 0.2) is 18.2 Å². The van der Waals surface area contributed by atoms with Gasteiger partial charge in [-0.3, -0.25) is 4.90 Å². The summed E-state index contributed by atoms with van der Waals surface area (Å²) >= 11 is 0. The minimum Gasteiger partial charge on any atom is -0.494 e. The first-order chi connectivity index (χ1) is 8.51. The lowest BCUT2D eigenvalue weighted by Crippen LogP contribution is -2.29. The van der Waals surface area contributed by atoms with Gasteiger partial charge in [-0.05, 0) is 38.7 Å². The first kappa shape index (κ1) is 14.4. The van der Waals surface area contributed by atoms with E-state index in [1.54, 1.807) is 32.0 Å². The summed E-state index contributed by atoms with van der Waals surface area (Å²) in [6, 6.07) is 3.83. The number of benzene rings is 1. The highest BCUT2D eigenvalue weighted by Gasteiger charge is 2.25. The molecule has 0 radical (unpaired) electrons. The quantitative estimate of drug-likeness (QED) is 0.754. The summed E-state index contributed by atoms with van der Waals surface area (Å²) < 4.78 is 23.5. The van der Waals surface area contributed by atoms with Gasteiger partial charge in [0.15, 0.2) is 11.6 Å². The van der Waals surface area contributed by atoms with E-state index in [2.05, 4.69) is 0 Å². The zero-order valence-electron chi connectivity index (χ0n) is 11.1. The molecule has 1 aromatic rings. The highest BCUT2D eigenvalue weighted by molar-refractivity contribution is 5.77. The van der Waals surface area contributed by atoms with Crippen molar-refractivity contribution in [3.8, 4) is 5.75 Å². The number of methoxy groups -OCH3 is 1. The van der Waals surface area contributed by atoms with Crippen molar-refractivity contribution in [2.75, 3.05) is 27.8 Å². The number of carbonyl (C=O) groups is 1. The molecule has 4 nitrogen and oxygen atoms in total. The highest BCUT2D eigenvalue weighted by Crippen LogP contribution is 2.25. The first-order valence-corrected chi connectivity index (χ1v) is 5.67. The molecule has 5 heteroatoms. The van der Waals surface area contributed by atoms with E-state index in [1.807, 2.05) is 0 Å². The Morgan fingerprint density at radius 1 is 1.44 bits per heavy atom. The van der Waals surface area contributed by atoms with Crippen LogP contribution in [0.1, 0.15) is 18.5 Å². The Bertz CT molecular complexity index is 421. The largest absolute Gasteiger partial charge is 0.494 e. The third-order valence-electron chi connectivity index (χ3n) is 2.52.